The molecule has 1 aliphatic rings. The molecule has 2 heterocycles. The Hall–Kier alpha value is -1.42. The standard InChI is InChI=1S/C7H2ClNO3/c8-5-1-3-4(2-9-5)7(11)12-6(3)10/h1-2H. The summed E-state index contributed by atoms with van der Waals surface area (Å²) in [6.45, 7) is 0. The number of fused-ring (bicyclic) bond motifs is 1. The van der Waals surface area contributed by atoms with Gasteiger partial charge in [-0.2, -0.15) is 0 Å². The van der Waals surface area contributed by atoms with Crippen molar-refractivity contribution in [3.8, 4) is 0 Å². The molecule has 0 radical (unpaired) electrons. The lowest BCUT2D eigenvalue weighted by Crippen LogP contribution is -1.96. The normalized spacial score (nSPS) is 14.4. The van der Waals surface area contributed by atoms with E-state index in [2.05, 4.69) is 9.72 Å². The van der Waals surface area contributed by atoms with Gasteiger partial charge in [-0.05, 0) is 6.07 Å². The molecule has 12 heavy (non-hydrogen) atoms. The highest BCUT2D eigenvalue weighted by Gasteiger charge is 2.29. The maximum absolute atomic E-state index is 10.9. The number of esters is 2. The summed E-state index contributed by atoms with van der Waals surface area (Å²) in [6.07, 6.45) is 1.23. The first-order chi connectivity index (χ1) is 5.68. The lowest BCUT2D eigenvalue weighted by atomic mass is 10.2. The number of cyclic esters (lactones) is 2. The monoisotopic (exact) mass is 183 g/mol. The van der Waals surface area contributed by atoms with Gasteiger partial charge in [-0.15, -0.1) is 0 Å². The van der Waals surface area contributed by atoms with Crippen molar-refractivity contribution in [2.75, 3.05) is 0 Å². The quantitative estimate of drug-likeness (QED) is 0.343. The number of halogens is 1. The van der Waals surface area contributed by atoms with Crippen LogP contribution < -0.4 is 0 Å². The van der Waals surface area contributed by atoms with Crippen LogP contribution in [0.4, 0.5) is 0 Å². The predicted molar refractivity (Wildman–Crippen MR) is 39.0 cm³/mol. The fourth-order valence-corrected chi connectivity index (χ4v) is 1.11. The SMILES string of the molecule is O=C1OC(=O)c2cc(Cl)ncc21. The first kappa shape index (κ1) is 7.24. The van der Waals surface area contributed by atoms with E-state index in [0.29, 0.717) is 0 Å². The van der Waals surface area contributed by atoms with Gasteiger partial charge in [-0.25, -0.2) is 14.6 Å². The molecule has 1 aromatic heterocycles. The lowest BCUT2D eigenvalue weighted by Gasteiger charge is -1.90. The maximum Gasteiger partial charge on any atom is 0.348 e. The Morgan fingerprint density at radius 3 is 2.67 bits per heavy atom. The number of ether oxygens (including phenoxy) is 1. The van der Waals surface area contributed by atoms with Crippen molar-refractivity contribution >= 4 is 23.5 Å². The second-order valence-corrected chi connectivity index (χ2v) is 2.62. The molecule has 0 fully saturated rings. The molecule has 0 aliphatic carbocycles. The molecule has 0 aromatic carbocycles. The Bertz CT molecular complexity index is 388. The number of aromatic nitrogens is 1. The van der Waals surface area contributed by atoms with Gasteiger partial charge in [0.25, 0.3) is 0 Å². The Balaban J connectivity index is 2.68. The van der Waals surface area contributed by atoms with Gasteiger partial charge in [0.15, 0.2) is 0 Å². The van der Waals surface area contributed by atoms with Gasteiger partial charge in [0.2, 0.25) is 0 Å². The molecule has 0 unspecified atom stereocenters. The minimum Gasteiger partial charge on any atom is -0.386 e. The van der Waals surface area contributed by atoms with Crippen LogP contribution in [0.15, 0.2) is 12.3 Å². The number of hydrogen-bond acceptors (Lipinski definition) is 4. The number of carbonyl (C=O) groups is 2. The van der Waals surface area contributed by atoms with E-state index in [1.807, 2.05) is 0 Å². The average Bonchev–Trinajstić information content (AvgIpc) is 2.28. The Morgan fingerprint density at radius 1 is 1.25 bits per heavy atom. The maximum atomic E-state index is 10.9. The third-order valence-corrected chi connectivity index (χ3v) is 1.70. The van der Waals surface area contributed by atoms with E-state index < -0.39 is 11.9 Å². The smallest absolute Gasteiger partial charge is 0.348 e. The average molecular weight is 184 g/mol. The molecule has 1 aromatic rings. The molecular formula is C7H2ClNO3. The van der Waals surface area contributed by atoms with Crippen molar-refractivity contribution in [2.45, 2.75) is 0 Å². The minimum atomic E-state index is -0.667. The van der Waals surface area contributed by atoms with Crippen LogP contribution in [0.3, 0.4) is 0 Å². The van der Waals surface area contributed by atoms with Crippen LogP contribution in [0.5, 0.6) is 0 Å². The van der Waals surface area contributed by atoms with Gasteiger partial charge in [0.1, 0.15) is 5.15 Å². The van der Waals surface area contributed by atoms with E-state index in [4.69, 9.17) is 11.6 Å². The molecular weight excluding hydrogens is 182 g/mol. The number of rotatable bonds is 0. The van der Waals surface area contributed by atoms with Crippen LogP contribution in [-0.2, 0) is 4.74 Å². The van der Waals surface area contributed by atoms with Gasteiger partial charge in [0.05, 0.1) is 11.1 Å². The van der Waals surface area contributed by atoms with Crippen molar-refractivity contribution in [1.29, 1.82) is 0 Å². The molecule has 0 spiro atoms. The summed E-state index contributed by atoms with van der Waals surface area (Å²) in [5.41, 5.74) is 0.351. The van der Waals surface area contributed by atoms with Crippen LogP contribution in [0.2, 0.25) is 5.15 Å². The van der Waals surface area contributed by atoms with Gasteiger partial charge in [0, 0.05) is 6.20 Å². The largest absolute Gasteiger partial charge is 0.386 e. The van der Waals surface area contributed by atoms with E-state index in [0.717, 1.165) is 0 Å². The molecule has 0 saturated carbocycles. The van der Waals surface area contributed by atoms with Gasteiger partial charge in [-0.3, -0.25) is 0 Å². The van der Waals surface area contributed by atoms with Crippen LogP contribution in [0.1, 0.15) is 20.7 Å². The first-order valence-corrected chi connectivity index (χ1v) is 3.48. The molecule has 1 aliphatic heterocycles. The number of carbonyl (C=O) groups excluding carboxylic acids is 2. The number of hydrogen-bond donors (Lipinski definition) is 0. The Kier molecular flexibility index (Phi) is 1.38. The molecule has 4 nitrogen and oxygen atoms in total. The minimum absolute atomic E-state index is 0.167. The van der Waals surface area contributed by atoms with Crippen molar-refractivity contribution in [2.24, 2.45) is 0 Å². The summed E-state index contributed by atoms with van der Waals surface area (Å²) < 4.78 is 4.31. The zero-order valence-corrected chi connectivity index (χ0v) is 6.46. The van der Waals surface area contributed by atoms with E-state index in [9.17, 15) is 9.59 Å². The van der Waals surface area contributed by atoms with E-state index >= 15 is 0 Å². The fraction of sp³-hybridized carbons (Fsp3) is 0. The highest BCUT2D eigenvalue weighted by Crippen LogP contribution is 2.20. The summed E-state index contributed by atoms with van der Waals surface area (Å²) in [6, 6.07) is 1.31. The molecule has 2 rings (SSSR count). The van der Waals surface area contributed by atoms with Crippen molar-refractivity contribution in [3.63, 3.8) is 0 Å². The second-order valence-electron chi connectivity index (χ2n) is 2.23. The highest BCUT2D eigenvalue weighted by molar-refractivity contribution is 6.30. The van der Waals surface area contributed by atoms with Crippen LogP contribution >= 0.6 is 11.6 Å². The van der Waals surface area contributed by atoms with Crippen LogP contribution in [-0.4, -0.2) is 16.9 Å². The predicted octanol–water partition coefficient (Wildman–Crippen LogP) is 1.05. The van der Waals surface area contributed by atoms with E-state index in [-0.39, 0.29) is 16.3 Å². The number of pyridine rings is 1. The second kappa shape index (κ2) is 2.28. The molecule has 0 saturated heterocycles. The molecule has 0 atom stereocenters. The Morgan fingerprint density at radius 2 is 1.92 bits per heavy atom. The third kappa shape index (κ3) is 0.887. The third-order valence-electron chi connectivity index (χ3n) is 1.50. The summed E-state index contributed by atoms with van der Waals surface area (Å²) >= 11 is 5.51. The fourth-order valence-electron chi connectivity index (χ4n) is 0.956. The van der Waals surface area contributed by atoms with Gasteiger partial charge >= 0.3 is 11.9 Å². The van der Waals surface area contributed by atoms with Gasteiger partial charge in [-0.1, -0.05) is 11.6 Å². The topological polar surface area (TPSA) is 56.3 Å². The number of nitrogens with zero attached hydrogens (tertiary/aromatic N) is 1. The van der Waals surface area contributed by atoms with E-state index in [1.54, 1.807) is 0 Å². The molecule has 0 amide bonds. The van der Waals surface area contributed by atoms with Crippen LogP contribution in [0.25, 0.3) is 0 Å². The Labute approximate surface area is 72.1 Å². The zero-order chi connectivity index (χ0) is 8.72. The highest BCUT2D eigenvalue weighted by atomic mass is 35.5. The summed E-state index contributed by atoms with van der Waals surface area (Å²) in [4.78, 5) is 25.4. The van der Waals surface area contributed by atoms with Crippen molar-refractivity contribution < 1.29 is 14.3 Å². The van der Waals surface area contributed by atoms with Crippen molar-refractivity contribution in [3.05, 3.63) is 28.5 Å². The summed E-state index contributed by atoms with van der Waals surface area (Å²) in [5.74, 6) is -1.33. The van der Waals surface area contributed by atoms with Crippen molar-refractivity contribution in [1.82, 2.24) is 4.98 Å². The molecule has 0 N–H and O–H groups in total. The summed E-state index contributed by atoms with van der Waals surface area (Å²) in [7, 11) is 0. The van der Waals surface area contributed by atoms with Gasteiger partial charge < -0.3 is 4.74 Å². The van der Waals surface area contributed by atoms with E-state index in [1.165, 1.54) is 12.3 Å². The molecule has 60 valence electrons. The lowest BCUT2D eigenvalue weighted by molar-refractivity contribution is 0.0444. The molecule has 5 heteroatoms. The van der Waals surface area contributed by atoms with Crippen LogP contribution in [0, 0.1) is 0 Å². The molecule has 0 bridgehead atoms. The first-order valence-electron chi connectivity index (χ1n) is 3.10. The zero-order valence-electron chi connectivity index (χ0n) is 5.70. The summed E-state index contributed by atoms with van der Waals surface area (Å²) in [5, 5.41) is 0.167.